The van der Waals surface area contributed by atoms with E-state index in [1.807, 2.05) is 0 Å². The summed E-state index contributed by atoms with van der Waals surface area (Å²) >= 11 is 0. The van der Waals surface area contributed by atoms with Crippen molar-refractivity contribution in [3.05, 3.63) is 72.7 Å². The Labute approximate surface area is 169 Å². The van der Waals surface area contributed by atoms with Crippen molar-refractivity contribution in [1.29, 1.82) is 0 Å². The second-order valence-corrected chi connectivity index (χ2v) is 6.32. The number of nitrogens with two attached hydrogens (primary N) is 1. The molecule has 0 spiro atoms. The summed E-state index contributed by atoms with van der Waals surface area (Å²) < 4.78 is 5.05. The second kappa shape index (κ2) is 8.89. The molecule has 2 unspecified atom stereocenters. The van der Waals surface area contributed by atoms with Crippen molar-refractivity contribution in [2.75, 3.05) is 6.61 Å². The number of nitrogens with zero attached hydrogens (tertiary/aromatic N) is 2. The molecule has 0 radical (unpaired) electrons. The SMILES string of the molecule is CC1=C(C(=O)OCC(C)O[N+](=O)[O-])C(c2cccc([N+](=O)[O-])c2)C(C(=O)O)=C(N)N1. The number of allylic oxidation sites excluding steroid dienone is 1. The van der Waals surface area contributed by atoms with Gasteiger partial charge in [0.2, 0.25) is 0 Å². The van der Waals surface area contributed by atoms with E-state index < -0.39 is 46.2 Å². The minimum Gasteiger partial charge on any atom is -0.478 e. The first-order chi connectivity index (χ1) is 14.0. The van der Waals surface area contributed by atoms with Crippen LogP contribution in [0.4, 0.5) is 5.69 Å². The highest BCUT2D eigenvalue weighted by Gasteiger charge is 2.38. The second-order valence-electron chi connectivity index (χ2n) is 6.32. The van der Waals surface area contributed by atoms with Crippen LogP contribution in [-0.4, -0.2) is 39.8 Å². The van der Waals surface area contributed by atoms with Gasteiger partial charge in [0.05, 0.1) is 22.0 Å². The van der Waals surface area contributed by atoms with Crippen LogP contribution in [0.15, 0.2) is 46.9 Å². The average Bonchev–Trinajstić information content (AvgIpc) is 2.64. The molecule has 1 aliphatic rings. The average molecular weight is 422 g/mol. The lowest BCUT2D eigenvalue weighted by atomic mass is 9.81. The molecule has 2 atom stereocenters. The summed E-state index contributed by atoms with van der Waals surface area (Å²) in [6.07, 6.45) is -1.07. The molecular weight excluding hydrogens is 404 g/mol. The molecule has 2 rings (SSSR count). The van der Waals surface area contributed by atoms with E-state index in [1.165, 1.54) is 32.0 Å². The first-order valence-corrected chi connectivity index (χ1v) is 8.46. The van der Waals surface area contributed by atoms with Crippen LogP contribution in [0.3, 0.4) is 0 Å². The van der Waals surface area contributed by atoms with Gasteiger partial charge in [0.25, 0.3) is 10.8 Å². The van der Waals surface area contributed by atoms with E-state index in [-0.39, 0.29) is 28.3 Å². The summed E-state index contributed by atoms with van der Waals surface area (Å²) in [5, 5.41) is 32.7. The number of aliphatic carboxylic acids is 1. The van der Waals surface area contributed by atoms with E-state index in [9.17, 15) is 34.9 Å². The third-order valence-electron chi connectivity index (χ3n) is 4.17. The Hall–Kier alpha value is -4.16. The third kappa shape index (κ3) is 4.81. The van der Waals surface area contributed by atoms with Crippen LogP contribution in [0.25, 0.3) is 0 Å². The number of dihydropyridines is 1. The fourth-order valence-electron chi connectivity index (χ4n) is 2.96. The zero-order valence-electron chi connectivity index (χ0n) is 15.9. The molecule has 0 fully saturated rings. The lowest BCUT2D eigenvalue weighted by Gasteiger charge is -2.29. The summed E-state index contributed by atoms with van der Waals surface area (Å²) in [4.78, 5) is 49.7. The van der Waals surface area contributed by atoms with Crippen LogP contribution < -0.4 is 11.1 Å². The molecule has 0 saturated heterocycles. The number of nitro groups is 1. The van der Waals surface area contributed by atoms with Gasteiger partial charge in [-0.05, 0) is 19.4 Å². The molecule has 0 saturated carbocycles. The van der Waals surface area contributed by atoms with Gasteiger partial charge in [-0.1, -0.05) is 12.1 Å². The summed E-state index contributed by atoms with van der Waals surface area (Å²) in [7, 11) is 0. The number of carboxylic acid groups (broad SMARTS) is 1. The van der Waals surface area contributed by atoms with E-state index in [0.29, 0.717) is 0 Å². The zero-order chi connectivity index (χ0) is 22.6. The smallest absolute Gasteiger partial charge is 0.336 e. The molecule has 0 aromatic heterocycles. The maximum Gasteiger partial charge on any atom is 0.336 e. The molecule has 13 heteroatoms. The van der Waals surface area contributed by atoms with E-state index >= 15 is 0 Å². The largest absolute Gasteiger partial charge is 0.478 e. The topological polar surface area (TPSA) is 197 Å². The number of carbonyl (C=O) groups excluding carboxylic acids is 1. The molecule has 13 nitrogen and oxygen atoms in total. The number of hydrogen-bond acceptors (Lipinski definition) is 10. The van der Waals surface area contributed by atoms with Gasteiger partial charge in [0, 0.05) is 17.8 Å². The zero-order valence-corrected chi connectivity index (χ0v) is 15.9. The predicted octanol–water partition coefficient (Wildman–Crippen LogP) is 0.950. The Bertz CT molecular complexity index is 970. The van der Waals surface area contributed by atoms with Crippen LogP contribution in [0, 0.1) is 20.2 Å². The number of hydrogen-bond donors (Lipinski definition) is 3. The van der Waals surface area contributed by atoms with Gasteiger partial charge >= 0.3 is 11.9 Å². The standard InChI is InChI=1S/C17H18N4O9/c1-8(30-21(27)28)7-29-17(24)12-9(2)19-15(18)14(16(22)23)13(12)10-4-3-5-11(6-10)20(25)26/h3-6,8,13,19H,7,18H2,1-2H3,(H,22,23). The summed E-state index contributed by atoms with van der Waals surface area (Å²) in [5.41, 5.74) is 5.24. The van der Waals surface area contributed by atoms with Crippen LogP contribution in [0.5, 0.6) is 0 Å². The number of rotatable bonds is 8. The van der Waals surface area contributed by atoms with Crippen molar-refractivity contribution in [2.45, 2.75) is 25.9 Å². The van der Waals surface area contributed by atoms with E-state index in [4.69, 9.17) is 10.5 Å². The van der Waals surface area contributed by atoms with Gasteiger partial charge in [-0.3, -0.25) is 10.1 Å². The molecule has 1 aliphatic heterocycles. The Morgan fingerprint density at radius 1 is 1.30 bits per heavy atom. The lowest BCUT2D eigenvalue weighted by molar-refractivity contribution is -0.767. The van der Waals surface area contributed by atoms with E-state index in [2.05, 4.69) is 10.2 Å². The third-order valence-corrected chi connectivity index (χ3v) is 4.17. The molecule has 160 valence electrons. The minimum atomic E-state index is -1.45. The first kappa shape index (κ1) is 22.1. The fraction of sp³-hybridized carbons (Fsp3) is 0.294. The molecule has 0 aliphatic carbocycles. The Morgan fingerprint density at radius 3 is 2.53 bits per heavy atom. The van der Waals surface area contributed by atoms with Gasteiger partial charge in [-0.25, -0.2) is 9.59 Å². The van der Waals surface area contributed by atoms with Crippen molar-refractivity contribution < 1.29 is 34.3 Å². The van der Waals surface area contributed by atoms with Crippen molar-refractivity contribution >= 4 is 17.6 Å². The van der Waals surface area contributed by atoms with Crippen LogP contribution >= 0.6 is 0 Å². The molecule has 0 amide bonds. The van der Waals surface area contributed by atoms with Crippen LogP contribution in [-0.2, 0) is 19.2 Å². The molecule has 4 N–H and O–H groups in total. The number of non-ortho nitro benzene ring substituents is 1. The minimum absolute atomic E-state index is 0.131. The van der Waals surface area contributed by atoms with Gasteiger partial charge in [-0.15, -0.1) is 10.1 Å². The number of ether oxygens (including phenoxy) is 1. The summed E-state index contributed by atoms with van der Waals surface area (Å²) in [6.45, 7) is 2.26. The highest BCUT2D eigenvalue weighted by molar-refractivity contribution is 5.99. The molecule has 30 heavy (non-hydrogen) atoms. The molecule has 0 bridgehead atoms. The van der Waals surface area contributed by atoms with Crippen LogP contribution in [0.1, 0.15) is 25.3 Å². The Kier molecular flexibility index (Phi) is 6.56. The van der Waals surface area contributed by atoms with E-state index in [0.717, 1.165) is 6.07 Å². The highest BCUT2D eigenvalue weighted by atomic mass is 17.0. The fourth-order valence-corrected chi connectivity index (χ4v) is 2.96. The summed E-state index contributed by atoms with van der Waals surface area (Å²) in [6, 6.07) is 5.10. The van der Waals surface area contributed by atoms with Gasteiger partial charge in [0.1, 0.15) is 18.5 Å². The number of carboxylic acids is 1. The van der Waals surface area contributed by atoms with Crippen molar-refractivity contribution in [3.63, 3.8) is 0 Å². The number of nitrogens with one attached hydrogen (secondary N) is 1. The van der Waals surface area contributed by atoms with E-state index in [1.54, 1.807) is 0 Å². The van der Waals surface area contributed by atoms with Gasteiger partial charge < -0.3 is 25.7 Å². The molecule has 1 aromatic carbocycles. The monoisotopic (exact) mass is 422 g/mol. The molecule has 1 aromatic rings. The number of nitro benzene ring substituents is 1. The summed E-state index contributed by atoms with van der Waals surface area (Å²) in [5.74, 6) is -3.94. The lowest BCUT2D eigenvalue weighted by Crippen LogP contribution is -2.36. The number of benzene rings is 1. The maximum absolute atomic E-state index is 12.7. The maximum atomic E-state index is 12.7. The Balaban J connectivity index is 2.48. The van der Waals surface area contributed by atoms with Crippen LogP contribution in [0.2, 0.25) is 0 Å². The number of esters is 1. The molecular formula is C17H18N4O9. The van der Waals surface area contributed by atoms with Crippen molar-refractivity contribution in [1.82, 2.24) is 5.32 Å². The Morgan fingerprint density at radius 2 is 1.97 bits per heavy atom. The van der Waals surface area contributed by atoms with Gasteiger partial charge in [0.15, 0.2) is 0 Å². The highest BCUT2D eigenvalue weighted by Crippen LogP contribution is 2.38. The first-order valence-electron chi connectivity index (χ1n) is 8.46. The normalized spacial score (nSPS) is 17.1. The van der Waals surface area contributed by atoms with Crippen molar-refractivity contribution in [2.24, 2.45) is 5.73 Å². The molecule has 1 heterocycles. The van der Waals surface area contributed by atoms with Crippen molar-refractivity contribution in [3.8, 4) is 0 Å². The van der Waals surface area contributed by atoms with Gasteiger partial charge in [-0.2, -0.15) is 0 Å². The number of carbonyl (C=O) groups is 2. The quantitative estimate of drug-likeness (QED) is 0.306. The predicted molar refractivity (Wildman–Crippen MR) is 99.0 cm³/mol.